The fourth-order valence-electron chi connectivity index (χ4n) is 2.23. The van der Waals surface area contributed by atoms with E-state index in [2.05, 4.69) is 0 Å². The molecule has 2 rings (SSSR count). The number of carbonyl (C=O) groups is 1. The molecule has 0 aliphatic carbocycles. The molecule has 1 amide bonds. The highest BCUT2D eigenvalue weighted by Crippen LogP contribution is 2.30. The highest BCUT2D eigenvalue weighted by Gasteiger charge is 2.33. The molecule has 1 aromatic carbocycles. The molecule has 1 atom stereocenters. The van der Waals surface area contributed by atoms with Crippen molar-refractivity contribution in [2.45, 2.75) is 25.1 Å². The summed E-state index contributed by atoms with van der Waals surface area (Å²) in [6.07, 6.45) is -3.20. The smallest absolute Gasteiger partial charge is 0.337 e. The summed E-state index contributed by atoms with van der Waals surface area (Å²) in [5, 5.41) is 0. The van der Waals surface area contributed by atoms with E-state index >= 15 is 0 Å². The third-order valence-corrected chi connectivity index (χ3v) is 3.27. The van der Waals surface area contributed by atoms with E-state index in [1.54, 1.807) is 0 Å². The van der Waals surface area contributed by atoms with Crippen molar-refractivity contribution in [2.24, 2.45) is 5.73 Å². The van der Waals surface area contributed by atoms with Crippen molar-refractivity contribution >= 4 is 5.91 Å². The molecule has 7 heteroatoms. The molecule has 2 N–H and O–H groups in total. The standard InChI is InChI=1S/C13H14F4N2O/c14-11-4-3-8(13(15,16)17)6-10(11)12(20)19-5-1-2-9(18)7-19/h3-4,6,9H,1-2,5,7,18H2/t9-/m1/s1. The van der Waals surface area contributed by atoms with Crippen LogP contribution in [0.25, 0.3) is 0 Å². The quantitative estimate of drug-likeness (QED) is 0.807. The number of hydrogen-bond acceptors (Lipinski definition) is 2. The molecule has 0 bridgehead atoms. The fraction of sp³-hybridized carbons (Fsp3) is 0.462. The molecule has 0 unspecified atom stereocenters. The molecular weight excluding hydrogens is 276 g/mol. The van der Waals surface area contributed by atoms with Gasteiger partial charge in [-0.3, -0.25) is 4.79 Å². The molecular formula is C13H14F4N2O. The van der Waals surface area contributed by atoms with Crippen LogP contribution in [0.2, 0.25) is 0 Å². The van der Waals surface area contributed by atoms with Gasteiger partial charge in [0.25, 0.3) is 5.91 Å². The first-order valence-electron chi connectivity index (χ1n) is 6.20. The molecule has 3 nitrogen and oxygen atoms in total. The predicted molar refractivity (Wildman–Crippen MR) is 64.5 cm³/mol. The van der Waals surface area contributed by atoms with E-state index in [1.807, 2.05) is 0 Å². The van der Waals surface area contributed by atoms with Gasteiger partial charge in [0, 0.05) is 19.1 Å². The van der Waals surface area contributed by atoms with Crippen molar-refractivity contribution in [1.82, 2.24) is 4.90 Å². The van der Waals surface area contributed by atoms with Crippen LogP contribution in [0.15, 0.2) is 18.2 Å². The zero-order valence-electron chi connectivity index (χ0n) is 10.6. The van der Waals surface area contributed by atoms with Crippen LogP contribution >= 0.6 is 0 Å². The van der Waals surface area contributed by atoms with Crippen LogP contribution in [0.3, 0.4) is 0 Å². The first-order valence-corrected chi connectivity index (χ1v) is 6.20. The lowest BCUT2D eigenvalue weighted by Gasteiger charge is -2.31. The van der Waals surface area contributed by atoms with Gasteiger partial charge in [-0.05, 0) is 31.0 Å². The van der Waals surface area contributed by atoms with Crippen LogP contribution in [0.4, 0.5) is 17.6 Å². The summed E-state index contributed by atoms with van der Waals surface area (Å²) in [5.74, 6) is -1.70. The Morgan fingerprint density at radius 3 is 2.65 bits per heavy atom. The Morgan fingerprint density at radius 2 is 2.05 bits per heavy atom. The van der Waals surface area contributed by atoms with Gasteiger partial charge in [0.1, 0.15) is 5.82 Å². The van der Waals surface area contributed by atoms with E-state index in [-0.39, 0.29) is 12.6 Å². The van der Waals surface area contributed by atoms with E-state index in [1.165, 1.54) is 4.90 Å². The minimum atomic E-state index is -4.61. The van der Waals surface area contributed by atoms with Crippen molar-refractivity contribution in [3.63, 3.8) is 0 Å². The molecule has 1 aromatic rings. The van der Waals surface area contributed by atoms with Gasteiger partial charge < -0.3 is 10.6 Å². The summed E-state index contributed by atoms with van der Waals surface area (Å²) in [4.78, 5) is 13.4. The molecule has 110 valence electrons. The maximum atomic E-state index is 13.6. The SMILES string of the molecule is N[C@@H]1CCCN(C(=O)c2cc(C(F)(F)F)ccc2F)C1. The predicted octanol–water partition coefficient (Wildman–Crippen LogP) is 2.41. The summed E-state index contributed by atoms with van der Waals surface area (Å²) >= 11 is 0. The summed E-state index contributed by atoms with van der Waals surface area (Å²) in [7, 11) is 0. The lowest BCUT2D eigenvalue weighted by Crippen LogP contribution is -2.46. The minimum absolute atomic E-state index is 0.221. The molecule has 0 saturated carbocycles. The number of likely N-dealkylation sites (tertiary alicyclic amines) is 1. The minimum Gasteiger partial charge on any atom is -0.337 e. The van der Waals surface area contributed by atoms with Crippen LogP contribution in [0, 0.1) is 5.82 Å². The second-order valence-electron chi connectivity index (χ2n) is 4.85. The molecule has 0 radical (unpaired) electrons. The van der Waals surface area contributed by atoms with Crippen molar-refractivity contribution in [3.8, 4) is 0 Å². The van der Waals surface area contributed by atoms with E-state index in [4.69, 9.17) is 5.73 Å². The van der Waals surface area contributed by atoms with Gasteiger partial charge in [-0.15, -0.1) is 0 Å². The first kappa shape index (κ1) is 14.8. The van der Waals surface area contributed by atoms with E-state index in [0.717, 1.165) is 6.42 Å². The van der Waals surface area contributed by atoms with Gasteiger partial charge in [-0.2, -0.15) is 13.2 Å². The molecule has 0 spiro atoms. The summed E-state index contributed by atoms with van der Waals surface area (Å²) in [5.41, 5.74) is 4.11. The zero-order valence-corrected chi connectivity index (χ0v) is 10.6. The average Bonchev–Trinajstić information content (AvgIpc) is 2.37. The molecule has 1 aliphatic heterocycles. The summed E-state index contributed by atoms with van der Waals surface area (Å²) in [6.45, 7) is 0.608. The maximum absolute atomic E-state index is 13.6. The van der Waals surface area contributed by atoms with Crippen LogP contribution in [-0.4, -0.2) is 29.9 Å². The number of amides is 1. The van der Waals surface area contributed by atoms with Crippen LogP contribution in [0.1, 0.15) is 28.8 Å². The van der Waals surface area contributed by atoms with E-state index < -0.39 is 29.0 Å². The average molecular weight is 290 g/mol. The number of nitrogens with two attached hydrogens (primary N) is 1. The Kier molecular flexibility index (Phi) is 3.99. The van der Waals surface area contributed by atoms with Crippen molar-refractivity contribution in [2.75, 3.05) is 13.1 Å². The molecule has 1 fully saturated rings. The number of alkyl halides is 3. The topological polar surface area (TPSA) is 46.3 Å². The lowest BCUT2D eigenvalue weighted by atomic mass is 10.0. The number of nitrogens with zero attached hydrogens (tertiary/aromatic N) is 1. The third-order valence-electron chi connectivity index (χ3n) is 3.27. The van der Waals surface area contributed by atoms with Gasteiger partial charge in [0.05, 0.1) is 11.1 Å². The van der Waals surface area contributed by atoms with Gasteiger partial charge in [-0.25, -0.2) is 4.39 Å². The van der Waals surface area contributed by atoms with Crippen molar-refractivity contribution in [3.05, 3.63) is 35.1 Å². The Balaban J connectivity index is 2.29. The number of hydrogen-bond donors (Lipinski definition) is 1. The van der Waals surface area contributed by atoms with Crippen LogP contribution < -0.4 is 5.73 Å². The second kappa shape index (κ2) is 5.40. The molecule has 1 saturated heterocycles. The fourth-order valence-corrected chi connectivity index (χ4v) is 2.23. The highest BCUT2D eigenvalue weighted by atomic mass is 19.4. The van der Waals surface area contributed by atoms with Crippen LogP contribution in [-0.2, 0) is 6.18 Å². The van der Waals surface area contributed by atoms with Gasteiger partial charge in [0.15, 0.2) is 0 Å². The van der Waals surface area contributed by atoms with Gasteiger partial charge >= 0.3 is 6.18 Å². The van der Waals surface area contributed by atoms with Gasteiger partial charge in [-0.1, -0.05) is 0 Å². The maximum Gasteiger partial charge on any atom is 0.416 e. The molecule has 20 heavy (non-hydrogen) atoms. The highest BCUT2D eigenvalue weighted by molar-refractivity contribution is 5.94. The second-order valence-corrected chi connectivity index (χ2v) is 4.85. The Hall–Kier alpha value is -1.63. The van der Waals surface area contributed by atoms with Crippen molar-refractivity contribution in [1.29, 1.82) is 0 Å². The Morgan fingerprint density at radius 1 is 1.35 bits per heavy atom. The number of halogens is 4. The monoisotopic (exact) mass is 290 g/mol. The van der Waals surface area contributed by atoms with E-state index in [9.17, 15) is 22.4 Å². The zero-order chi connectivity index (χ0) is 14.9. The van der Waals surface area contributed by atoms with Crippen LogP contribution in [0.5, 0.6) is 0 Å². The number of rotatable bonds is 1. The summed E-state index contributed by atoms with van der Waals surface area (Å²) < 4.78 is 51.4. The Labute approximate surface area is 113 Å². The number of benzene rings is 1. The van der Waals surface area contributed by atoms with Crippen molar-refractivity contribution < 1.29 is 22.4 Å². The molecule has 1 heterocycles. The third kappa shape index (κ3) is 3.09. The number of piperidine rings is 1. The number of carbonyl (C=O) groups excluding carboxylic acids is 1. The molecule has 1 aliphatic rings. The lowest BCUT2D eigenvalue weighted by molar-refractivity contribution is -0.137. The largest absolute Gasteiger partial charge is 0.416 e. The first-order chi connectivity index (χ1) is 9.29. The van der Waals surface area contributed by atoms with Gasteiger partial charge in [0.2, 0.25) is 0 Å². The Bertz CT molecular complexity index is 516. The van der Waals surface area contributed by atoms with E-state index in [0.29, 0.717) is 31.2 Å². The summed E-state index contributed by atoms with van der Waals surface area (Å²) in [6, 6.07) is 1.62. The molecule has 0 aromatic heterocycles. The normalized spacial score (nSPS) is 20.1.